The van der Waals surface area contributed by atoms with Crippen molar-refractivity contribution >= 4 is 18.0 Å². The van der Waals surface area contributed by atoms with E-state index in [1.165, 1.54) is 0 Å². The first kappa shape index (κ1) is 20.2. The van der Waals surface area contributed by atoms with Crippen molar-refractivity contribution in [2.45, 2.75) is 33.1 Å². The molecule has 0 aliphatic carbocycles. The Bertz CT molecular complexity index is 639. The van der Waals surface area contributed by atoms with Gasteiger partial charge in [-0.25, -0.2) is 5.43 Å². The van der Waals surface area contributed by atoms with Gasteiger partial charge >= 0.3 is 25.0 Å². The maximum absolute atomic E-state index is 12.4. The van der Waals surface area contributed by atoms with Crippen LogP contribution in [-0.4, -0.2) is 37.3 Å². The van der Waals surface area contributed by atoms with Crippen molar-refractivity contribution in [1.29, 1.82) is 0 Å². The number of rotatable bonds is 7. The van der Waals surface area contributed by atoms with E-state index in [9.17, 15) is 27.2 Å². The van der Waals surface area contributed by atoms with Crippen LogP contribution in [0.25, 0.3) is 0 Å². The molecule has 1 rings (SSSR count). The highest BCUT2D eigenvalue weighted by molar-refractivity contribution is 6.35. The highest BCUT2D eigenvalue weighted by atomic mass is 19.3. The molecule has 0 saturated heterocycles. The molecule has 0 aromatic heterocycles. The van der Waals surface area contributed by atoms with Crippen molar-refractivity contribution in [2.75, 3.05) is 0 Å². The average molecular weight is 365 g/mol. The van der Waals surface area contributed by atoms with E-state index in [1.54, 1.807) is 13.8 Å². The number of amides is 2. The van der Waals surface area contributed by atoms with Crippen molar-refractivity contribution in [1.82, 2.24) is 10.7 Å². The zero-order valence-electron chi connectivity index (χ0n) is 13.1. The normalized spacial score (nSPS) is 11.2. The van der Waals surface area contributed by atoms with Gasteiger partial charge in [-0.15, -0.1) is 0 Å². The fourth-order valence-electron chi connectivity index (χ4n) is 1.53. The summed E-state index contributed by atoms with van der Waals surface area (Å²) in [4.78, 5) is 22.8. The van der Waals surface area contributed by atoms with Crippen LogP contribution in [-0.2, 0) is 9.59 Å². The summed E-state index contributed by atoms with van der Waals surface area (Å²) in [6.45, 7) is -3.07. The lowest BCUT2D eigenvalue weighted by Crippen LogP contribution is -2.41. The second kappa shape index (κ2) is 9.45. The lowest BCUT2D eigenvalue weighted by Gasteiger charge is -2.11. The van der Waals surface area contributed by atoms with Crippen LogP contribution >= 0.6 is 0 Å². The number of benzene rings is 1. The van der Waals surface area contributed by atoms with Crippen LogP contribution in [0.5, 0.6) is 11.5 Å². The second-order valence-electron chi connectivity index (χ2n) is 4.78. The molecule has 138 valence electrons. The summed E-state index contributed by atoms with van der Waals surface area (Å²) in [5.74, 6) is -2.91. The van der Waals surface area contributed by atoms with E-state index in [4.69, 9.17) is 0 Å². The number of nitrogens with one attached hydrogen (secondary N) is 2. The molecule has 0 aliphatic heterocycles. The van der Waals surface area contributed by atoms with E-state index in [0.29, 0.717) is 0 Å². The molecule has 0 heterocycles. The monoisotopic (exact) mass is 365 g/mol. The first-order valence-corrected chi connectivity index (χ1v) is 6.86. The van der Waals surface area contributed by atoms with Gasteiger partial charge in [-0.05, 0) is 26.0 Å². The SMILES string of the molecule is CC(C)NC(=O)C(=O)N/N=C\c1ccc(OC(F)F)cc1OC(F)F. The number of hydrogen-bond acceptors (Lipinski definition) is 5. The molecule has 25 heavy (non-hydrogen) atoms. The molecule has 0 fully saturated rings. The lowest BCUT2D eigenvalue weighted by molar-refractivity contribution is -0.139. The molecule has 0 atom stereocenters. The van der Waals surface area contributed by atoms with Gasteiger partial charge in [0.25, 0.3) is 0 Å². The maximum Gasteiger partial charge on any atom is 0.387 e. The van der Waals surface area contributed by atoms with Crippen LogP contribution in [0.15, 0.2) is 23.3 Å². The fourth-order valence-corrected chi connectivity index (χ4v) is 1.53. The largest absolute Gasteiger partial charge is 0.435 e. The third-order valence-corrected chi connectivity index (χ3v) is 2.42. The van der Waals surface area contributed by atoms with E-state index < -0.39 is 36.5 Å². The lowest BCUT2D eigenvalue weighted by atomic mass is 10.2. The topological polar surface area (TPSA) is 89.0 Å². The van der Waals surface area contributed by atoms with Gasteiger partial charge in [0.05, 0.1) is 6.21 Å². The molecule has 2 N–H and O–H groups in total. The molecule has 2 amide bonds. The number of hydrazone groups is 1. The minimum atomic E-state index is -3.22. The number of alkyl halides is 4. The number of carbonyl (C=O) groups excluding carboxylic acids is 2. The third kappa shape index (κ3) is 7.50. The summed E-state index contributed by atoms with van der Waals surface area (Å²) >= 11 is 0. The van der Waals surface area contributed by atoms with Crippen molar-refractivity contribution in [3.63, 3.8) is 0 Å². The van der Waals surface area contributed by atoms with Crippen molar-refractivity contribution in [3.8, 4) is 11.5 Å². The van der Waals surface area contributed by atoms with E-state index in [1.807, 2.05) is 5.43 Å². The Kier molecular flexibility index (Phi) is 7.63. The van der Waals surface area contributed by atoms with Crippen molar-refractivity contribution in [3.05, 3.63) is 23.8 Å². The van der Waals surface area contributed by atoms with E-state index in [-0.39, 0.29) is 11.6 Å². The van der Waals surface area contributed by atoms with E-state index in [2.05, 4.69) is 19.9 Å². The molecular formula is C14H15F4N3O4. The predicted molar refractivity (Wildman–Crippen MR) is 78.7 cm³/mol. The van der Waals surface area contributed by atoms with Gasteiger partial charge in [0.1, 0.15) is 11.5 Å². The van der Waals surface area contributed by atoms with E-state index in [0.717, 1.165) is 24.4 Å². The zero-order valence-corrected chi connectivity index (χ0v) is 13.1. The number of ether oxygens (including phenoxy) is 2. The minimum Gasteiger partial charge on any atom is -0.435 e. The Balaban J connectivity index is 2.85. The van der Waals surface area contributed by atoms with Gasteiger partial charge in [0.15, 0.2) is 0 Å². The van der Waals surface area contributed by atoms with Crippen LogP contribution in [0.2, 0.25) is 0 Å². The van der Waals surface area contributed by atoms with Gasteiger partial charge in [-0.2, -0.15) is 22.7 Å². The molecule has 1 aromatic rings. The molecule has 1 aromatic carbocycles. The molecular weight excluding hydrogens is 350 g/mol. The summed E-state index contributed by atoms with van der Waals surface area (Å²) in [5, 5.41) is 5.75. The predicted octanol–water partition coefficient (Wildman–Crippen LogP) is 1.86. The minimum absolute atomic E-state index is 0.0634. The van der Waals surface area contributed by atoms with Gasteiger partial charge < -0.3 is 14.8 Å². The second-order valence-corrected chi connectivity index (χ2v) is 4.78. The highest BCUT2D eigenvalue weighted by Gasteiger charge is 2.14. The zero-order chi connectivity index (χ0) is 19.0. The summed E-state index contributed by atoms with van der Waals surface area (Å²) < 4.78 is 57.3. The van der Waals surface area contributed by atoms with Crippen molar-refractivity contribution in [2.24, 2.45) is 5.10 Å². The third-order valence-electron chi connectivity index (χ3n) is 2.42. The molecule has 0 radical (unpaired) electrons. The van der Waals surface area contributed by atoms with Crippen LogP contribution in [0.3, 0.4) is 0 Å². The Labute approximate surface area is 140 Å². The molecule has 0 spiro atoms. The Morgan fingerprint density at radius 1 is 1.08 bits per heavy atom. The highest BCUT2D eigenvalue weighted by Crippen LogP contribution is 2.26. The number of halogens is 4. The van der Waals surface area contributed by atoms with Gasteiger partial charge in [-0.1, -0.05) is 0 Å². The molecule has 0 bridgehead atoms. The Morgan fingerprint density at radius 2 is 1.72 bits per heavy atom. The van der Waals surface area contributed by atoms with Crippen LogP contribution < -0.4 is 20.2 Å². The maximum atomic E-state index is 12.4. The first-order valence-electron chi connectivity index (χ1n) is 6.86. The molecule has 0 unspecified atom stereocenters. The molecule has 7 nitrogen and oxygen atoms in total. The average Bonchev–Trinajstić information content (AvgIpc) is 2.47. The van der Waals surface area contributed by atoms with Crippen LogP contribution in [0.4, 0.5) is 17.6 Å². The standard InChI is InChI=1S/C14H15F4N3O4/c1-7(2)20-11(22)12(23)21-19-6-8-3-4-9(24-13(15)16)5-10(8)25-14(17)18/h3-7,13-14H,1-2H3,(H,20,22)(H,21,23)/b19-6-. The number of carbonyl (C=O) groups is 2. The molecule has 11 heteroatoms. The van der Waals surface area contributed by atoms with Crippen LogP contribution in [0, 0.1) is 0 Å². The van der Waals surface area contributed by atoms with Gasteiger partial charge in [-0.3, -0.25) is 9.59 Å². The van der Waals surface area contributed by atoms with Crippen LogP contribution in [0.1, 0.15) is 19.4 Å². The Morgan fingerprint density at radius 3 is 2.28 bits per heavy atom. The Hall–Kier alpha value is -2.85. The fraction of sp³-hybridized carbons (Fsp3) is 0.357. The molecule has 0 saturated carbocycles. The molecule has 0 aliphatic rings. The van der Waals surface area contributed by atoms with E-state index >= 15 is 0 Å². The quantitative estimate of drug-likeness (QED) is 0.334. The summed E-state index contributed by atoms with van der Waals surface area (Å²) in [7, 11) is 0. The van der Waals surface area contributed by atoms with Gasteiger partial charge in [0, 0.05) is 17.7 Å². The summed E-state index contributed by atoms with van der Waals surface area (Å²) in [5.41, 5.74) is 1.82. The summed E-state index contributed by atoms with van der Waals surface area (Å²) in [6, 6.07) is 2.72. The number of nitrogens with zero attached hydrogens (tertiary/aromatic N) is 1. The number of hydrogen-bond donors (Lipinski definition) is 2. The van der Waals surface area contributed by atoms with Crippen molar-refractivity contribution < 1.29 is 36.6 Å². The smallest absolute Gasteiger partial charge is 0.387 e. The van der Waals surface area contributed by atoms with Gasteiger partial charge in [0.2, 0.25) is 0 Å². The summed E-state index contributed by atoms with van der Waals surface area (Å²) in [6.07, 6.45) is 0.907. The first-order chi connectivity index (χ1) is 11.7.